The number of phenols is 1. The van der Waals surface area contributed by atoms with E-state index >= 15 is 0 Å². The summed E-state index contributed by atoms with van der Waals surface area (Å²) in [5, 5.41) is 11.4. The van der Waals surface area contributed by atoms with Crippen molar-refractivity contribution in [3.63, 3.8) is 0 Å². The van der Waals surface area contributed by atoms with Crippen LogP contribution in [0.2, 0.25) is 0 Å². The van der Waals surface area contributed by atoms with Crippen LogP contribution in [-0.2, 0) is 0 Å². The highest BCUT2D eigenvalue weighted by atomic mass is 79.9. The third-order valence-corrected chi connectivity index (χ3v) is 5.40. The molecule has 0 spiro atoms. The molecule has 2 heterocycles. The predicted molar refractivity (Wildman–Crippen MR) is 116 cm³/mol. The molecular weight excluding hydrogens is 436 g/mol. The van der Waals surface area contributed by atoms with Gasteiger partial charge in [0.05, 0.1) is 10.9 Å². The summed E-state index contributed by atoms with van der Waals surface area (Å²) < 4.78 is 12.5. The zero-order chi connectivity index (χ0) is 20.9. The lowest BCUT2D eigenvalue weighted by atomic mass is 9.91. The Bertz CT molecular complexity index is 1250. The van der Waals surface area contributed by atoms with Gasteiger partial charge >= 0.3 is 5.63 Å². The topological polar surface area (TPSA) is 76.7 Å². The maximum Gasteiger partial charge on any atom is 0.336 e. The zero-order valence-corrected chi connectivity index (χ0v) is 17.8. The molecule has 0 fully saturated rings. The van der Waals surface area contributed by atoms with Crippen LogP contribution in [0.4, 0.5) is 0 Å². The smallest absolute Gasteiger partial charge is 0.336 e. The molecule has 1 N–H and O–H groups in total. The Morgan fingerprint density at radius 3 is 2.69 bits per heavy atom. The van der Waals surface area contributed by atoms with Gasteiger partial charge in [0.1, 0.15) is 22.7 Å². The van der Waals surface area contributed by atoms with Crippen LogP contribution in [0.25, 0.3) is 28.2 Å². The Kier molecular flexibility index (Phi) is 4.62. The minimum absolute atomic E-state index is 0.00292. The fourth-order valence-electron chi connectivity index (χ4n) is 3.54. The van der Waals surface area contributed by atoms with Crippen LogP contribution < -0.4 is 10.4 Å². The normalized spacial score (nSPS) is 14.5. The Morgan fingerprint density at radius 1 is 1.24 bits per heavy atom. The molecule has 6 heteroatoms. The lowest BCUT2D eigenvalue weighted by Crippen LogP contribution is -2.28. The molecule has 1 aromatic heterocycles. The van der Waals surface area contributed by atoms with Crippen LogP contribution in [-0.4, -0.2) is 16.5 Å². The number of hydrogen-bond donors (Lipinski definition) is 1. The van der Waals surface area contributed by atoms with E-state index in [9.17, 15) is 14.7 Å². The average Bonchev–Trinajstić information content (AvgIpc) is 2.66. The van der Waals surface area contributed by atoms with Gasteiger partial charge in [-0.1, -0.05) is 35.0 Å². The van der Waals surface area contributed by atoms with Gasteiger partial charge in [-0.25, -0.2) is 4.79 Å². The first-order valence-corrected chi connectivity index (χ1v) is 10.1. The zero-order valence-electron chi connectivity index (χ0n) is 16.2. The summed E-state index contributed by atoms with van der Waals surface area (Å²) in [6.07, 6.45) is 3.72. The molecular formula is C23H19BrO5. The Labute approximate surface area is 175 Å². The second kappa shape index (κ2) is 6.88. The summed E-state index contributed by atoms with van der Waals surface area (Å²) in [5.74, 6) is -0.167. The van der Waals surface area contributed by atoms with Gasteiger partial charge in [-0.15, -0.1) is 0 Å². The Hall–Kier alpha value is -2.86. The quantitative estimate of drug-likeness (QED) is 0.405. The van der Waals surface area contributed by atoms with Crippen molar-refractivity contribution >= 4 is 38.8 Å². The number of rotatable bonds is 3. The first-order valence-electron chi connectivity index (χ1n) is 9.26. The highest BCUT2D eigenvalue weighted by Crippen LogP contribution is 2.48. The predicted octanol–water partition coefficient (Wildman–Crippen LogP) is 5.71. The van der Waals surface area contributed by atoms with E-state index in [2.05, 4.69) is 15.9 Å². The summed E-state index contributed by atoms with van der Waals surface area (Å²) in [6, 6.07) is 8.86. The van der Waals surface area contributed by atoms with Crippen LogP contribution in [0.3, 0.4) is 0 Å². The molecule has 0 saturated carbocycles. The van der Waals surface area contributed by atoms with Crippen molar-refractivity contribution in [1.29, 1.82) is 0 Å². The van der Waals surface area contributed by atoms with E-state index in [1.807, 2.05) is 44.2 Å². The lowest BCUT2D eigenvalue weighted by Gasteiger charge is -2.30. The van der Waals surface area contributed by atoms with Crippen LogP contribution in [0.1, 0.15) is 43.1 Å². The van der Waals surface area contributed by atoms with Crippen molar-refractivity contribution < 1.29 is 19.1 Å². The van der Waals surface area contributed by atoms with Crippen molar-refractivity contribution in [3.8, 4) is 22.6 Å². The average molecular weight is 455 g/mol. The summed E-state index contributed by atoms with van der Waals surface area (Å²) in [4.78, 5) is 25.1. The monoisotopic (exact) mass is 454 g/mol. The van der Waals surface area contributed by atoms with E-state index < -0.39 is 11.2 Å². The number of ketones is 1. The largest absolute Gasteiger partial charge is 0.506 e. The molecule has 0 unspecified atom stereocenters. The van der Waals surface area contributed by atoms with Crippen molar-refractivity contribution in [2.75, 3.05) is 0 Å². The van der Waals surface area contributed by atoms with E-state index in [-0.39, 0.29) is 29.1 Å². The summed E-state index contributed by atoms with van der Waals surface area (Å²) in [7, 11) is 0. The molecule has 0 bridgehead atoms. The standard InChI is InChI=1S/C23H19BrO5/c1-4-16(25)19-20(27)14-8-9-23(2,3)29-21(14)18-15(11-17(26)28-22(18)19)12-6-5-7-13(24)10-12/h5-11,27H,4H2,1-3H3. The van der Waals surface area contributed by atoms with Crippen molar-refractivity contribution in [2.45, 2.75) is 32.8 Å². The van der Waals surface area contributed by atoms with E-state index in [0.29, 0.717) is 22.3 Å². The molecule has 2 aromatic carbocycles. The number of carbonyl (C=O) groups excluding carboxylic acids is 1. The van der Waals surface area contributed by atoms with Gasteiger partial charge in [-0.2, -0.15) is 0 Å². The molecule has 3 aromatic rings. The van der Waals surface area contributed by atoms with E-state index in [0.717, 1.165) is 10.0 Å². The number of Topliss-reactive ketones (excluding diaryl/α,β-unsaturated/α-hetero) is 1. The highest BCUT2D eigenvalue weighted by Gasteiger charge is 2.32. The van der Waals surface area contributed by atoms with E-state index in [4.69, 9.17) is 9.15 Å². The Morgan fingerprint density at radius 2 is 2.00 bits per heavy atom. The Balaban J connectivity index is 2.23. The summed E-state index contributed by atoms with van der Waals surface area (Å²) in [6.45, 7) is 5.47. The van der Waals surface area contributed by atoms with Gasteiger partial charge in [-0.05, 0) is 43.7 Å². The van der Waals surface area contributed by atoms with Gasteiger partial charge in [0.25, 0.3) is 0 Å². The van der Waals surface area contributed by atoms with Gasteiger partial charge in [0.2, 0.25) is 0 Å². The van der Waals surface area contributed by atoms with Gasteiger partial charge < -0.3 is 14.3 Å². The van der Waals surface area contributed by atoms with Gasteiger partial charge in [0.15, 0.2) is 11.4 Å². The number of carbonyl (C=O) groups is 1. The van der Waals surface area contributed by atoms with Crippen LogP contribution in [0.5, 0.6) is 11.5 Å². The lowest BCUT2D eigenvalue weighted by molar-refractivity contribution is 0.0986. The minimum Gasteiger partial charge on any atom is -0.506 e. The molecule has 4 rings (SSSR count). The summed E-state index contributed by atoms with van der Waals surface area (Å²) >= 11 is 3.46. The van der Waals surface area contributed by atoms with Crippen molar-refractivity contribution in [1.82, 2.24) is 0 Å². The molecule has 5 nitrogen and oxygen atoms in total. The molecule has 0 aliphatic carbocycles. The fourth-order valence-corrected chi connectivity index (χ4v) is 3.94. The van der Waals surface area contributed by atoms with Gasteiger partial charge in [-0.3, -0.25) is 4.79 Å². The number of phenolic OH excluding ortho intramolecular Hbond substituents is 1. The molecule has 0 radical (unpaired) electrons. The maximum absolute atomic E-state index is 12.7. The minimum atomic E-state index is -0.632. The molecule has 1 aliphatic heterocycles. The number of halogens is 1. The first kappa shape index (κ1) is 19.5. The van der Waals surface area contributed by atoms with Crippen LogP contribution >= 0.6 is 15.9 Å². The fraction of sp³-hybridized carbons (Fsp3) is 0.217. The number of ether oxygens (including phenoxy) is 1. The molecule has 0 amide bonds. The molecule has 29 heavy (non-hydrogen) atoms. The number of benzene rings is 2. The second-order valence-electron chi connectivity index (χ2n) is 7.48. The SMILES string of the molecule is CCC(=O)c1c(O)c2c(c3c(-c4cccc(Br)c4)cc(=O)oc13)OC(C)(C)C=C2. The third kappa shape index (κ3) is 3.27. The highest BCUT2D eigenvalue weighted by molar-refractivity contribution is 9.10. The third-order valence-electron chi connectivity index (χ3n) is 4.90. The second-order valence-corrected chi connectivity index (χ2v) is 8.39. The van der Waals surface area contributed by atoms with Crippen LogP contribution in [0.15, 0.2) is 50.1 Å². The van der Waals surface area contributed by atoms with Gasteiger partial charge in [0, 0.05) is 22.5 Å². The maximum atomic E-state index is 12.7. The van der Waals surface area contributed by atoms with E-state index in [1.165, 1.54) is 6.07 Å². The molecule has 1 aliphatic rings. The van der Waals surface area contributed by atoms with Crippen molar-refractivity contribution in [3.05, 3.63) is 62.4 Å². The van der Waals surface area contributed by atoms with Crippen molar-refractivity contribution in [2.24, 2.45) is 0 Å². The molecule has 148 valence electrons. The number of fused-ring (bicyclic) bond motifs is 3. The number of aromatic hydroxyl groups is 1. The number of hydrogen-bond acceptors (Lipinski definition) is 5. The summed E-state index contributed by atoms with van der Waals surface area (Å²) in [5.41, 5.74) is 0.542. The van der Waals surface area contributed by atoms with E-state index in [1.54, 1.807) is 13.0 Å². The molecule has 0 saturated heterocycles. The molecule has 0 atom stereocenters. The van der Waals surface area contributed by atoms with Crippen LogP contribution in [0, 0.1) is 0 Å². The first-order chi connectivity index (χ1) is 13.7.